The molecule has 226 valence electrons. The van der Waals surface area contributed by atoms with Crippen LogP contribution in [0, 0.1) is 20.8 Å². The molecule has 3 rings (SSSR count). The Morgan fingerprint density at radius 1 is 0.881 bits per heavy atom. The van der Waals surface area contributed by atoms with Crippen LogP contribution in [-0.4, -0.2) is 50.0 Å². The van der Waals surface area contributed by atoms with E-state index in [2.05, 4.69) is 5.32 Å². The first kappa shape index (κ1) is 32.9. The Hall–Kier alpha value is -3.65. The highest BCUT2D eigenvalue weighted by atomic mass is 32.2. The summed E-state index contributed by atoms with van der Waals surface area (Å²) in [6.45, 7) is 10.3. The molecule has 0 aliphatic rings. The number of nitrogens with one attached hydrogen (secondary N) is 1. The molecule has 0 unspecified atom stereocenters. The lowest BCUT2D eigenvalue weighted by Gasteiger charge is -2.33. The zero-order chi connectivity index (χ0) is 30.9. The first-order valence-corrected chi connectivity index (χ1v) is 16.5. The average Bonchev–Trinajstić information content (AvgIpc) is 2.95. The van der Waals surface area contributed by atoms with Crippen molar-refractivity contribution in [2.75, 3.05) is 17.1 Å². The standard InChI is InChI=1S/C34H45N3O4S/c1-7-28(5)35-34(39)32(23-29-12-9-8-10-13-29)36(24-30-18-15-25(2)16-19-30)33(38)14-11-21-37(42(6,40)41)31-20-17-26(3)27(4)22-31/h8-10,12-13,15-20,22,28,32H,7,11,14,21,23-24H2,1-6H3,(H,35,39)/t28-,32-/m0/s1. The first-order valence-electron chi connectivity index (χ1n) is 14.6. The molecule has 0 spiro atoms. The third-order valence-corrected chi connectivity index (χ3v) is 8.87. The molecular weight excluding hydrogens is 546 g/mol. The summed E-state index contributed by atoms with van der Waals surface area (Å²) in [6.07, 6.45) is 2.75. The lowest BCUT2D eigenvalue weighted by Crippen LogP contribution is -2.52. The third kappa shape index (κ3) is 9.44. The number of carbonyl (C=O) groups is 2. The molecular formula is C34H45N3O4S. The van der Waals surface area contributed by atoms with Gasteiger partial charge in [-0.2, -0.15) is 0 Å². The Morgan fingerprint density at radius 2 is 1.55 bits per heavy atom. The number of sulfonamides is 1. The topological polar surface area (TPSA) is 86.8 Å². The van der Waals surface area contributed by atoms with Gasteiger partial charge in [0.05, 0.1) is 11.9 Å². The van der Waals surface area contributed by atoms with Crippen molar-refractivity contribution >= 4 is 27.5 Å². The summed E-state index contributed by atoms with van der Waals surface area (Å²) >= 11 is 0. The van der Waals surface area contributed by atoms with Crippen molar-refractivity contribution in [3.8, 4) is 0 Å². The second-order valence-corrected chi connectivity index (χ2v) is 13.1. The second kappa shape index (κ2) is 15.0. The van der Waals surface area contributed by atoms with Gasteiger partial charge in [0.1, 0.15) is 6.04 Å². The molecule has 0 bridgehead atoms. The molecule has 8 heteroatoms. The summed E-state index contributed by atoms with van der Waals surface area (Å²) in [5, 5.41) is 3.09. The number of hydrogen-bond donors (Lipinski definition) is 1. The fraction of sp³-hybridized carbons (Fsp3) is 0.412. The second-order valence-electron chi connectivity index (χ2n) is 11.2. The molecule has 0 aromatic heterocycles. The van der Waals surface area contributed by atoms with E-state index in [9.17, 15) is 18.0 Å². The van der Waals surface area contributed by atoms with Crippen molar-refractivity contribution in [3.63, 3.8) is 0 Å². The number of benzene rings is 3. The van der Waals surface area contributed by atoms with Crippen LogP contribution in [0.5, 0.6) is 0 Å². The first-order chi connectivity index (χ1) is 19.9. The zero-order valence-corrected chi connectivity index (χ0v) is 26.6. The molecule has 0 fully saturated rings. The van der Waals surface area contributed by atoms with E-state index >= 15 is 0 Å². The van der Waals surface area contributed by atoms with E-state index < -0.39 is 16.1 Å². The summed E-state index contributed by atoms with van der Waals surface area (Å²) in [6, 6.07) is 22.5. The molecule has 0 saturated carbocycles. The van der Waals surface area contributed by atoms with Crippen molar-refractivity contribution in [1.82, 2.24) is 10.2 Å². The average molecular weight is 592 g/mol. The fourth-order valence-corrected chi connectivity index (χ4v) is 5.73. The van der Waals surface area contributed by atoms with Gasteiger partial charge in [-0.1, -0.05) is 73.2 Å². The van der Waals surface area contributed by atoms with Gasteiger partial charge in [-0.3, -0.25) is 13.9 Å². The lowest BCUT2D eigenvalue weighted by molar-refractivity contribution is -0.141. The molecule has 2 atom stereocenters. The number of nitrogens with zero attached hydrogens (tertiary/aromatic N) is 2. The Bertz CT molecular complexity index is 1440. The van der Waals surface area contributed by atoms with Gasteiger partial charge in [0.15, 0.2) is 0 Å². The number of anilines is 1. The highest BCUT2D eigenvalue weighted by Crippen LogP contribution is 2.23. The molecule has 1 N–H and O–H groups in total. The van der Waals surface area contributed by atoms with Gasteiger partial charge in [0, 0.05) is 32.0 Å². The van der Waals surface area contributed by atoms with Gasteiger partial charge < -0.3 is 10.2 Å². The van der Waals surface area contributed by atoms with E-state index in [0.29, 0.717) is 18.5 Å². The van der Waals surface area contributed by atoms with E-state index in [4.69, 9.17) is 0 Å². The van der Waals surface area contributed by atoms with E-state index in [1.807, 2.05) is 101 Å². The fourth-order valence-electron chi connectivity index (χ4n) is 4.77. The van der Waals surface area contributed by atoms with E-state index in [1.165, 1.54) is 10.6 Å². The molecule has 7 nitrogen and oxygen atoms in total. The Morgan fingerprint density at radius 3 is 2.14 bits per heavy atom. The highest BCUT2D eigenvalue weighted by molar-refractivity contribution is 7.92. The molecule has 3 aromatic carbocycles. The van der Waals surface area contributed by atoms with Crippen molar-refractivity contribution in [1.29, 1.82) is 0 Å². The molecule has 42 heavy (non-hydrogen) atoms. The third-order valence-electron chi connectivity index (χ3n) is 7.68. The molecule has 0 aliphatic heterocycles. The maximum absolute atomic E-state index is 14.0. The van der Waals surface area contributed by atoms with Crippen LogP contribution in [0.3, 0.4) is 0 Å². The predicted octanol–water partition coefficient (Wildman–Crippen LogP) is 5.71. The minimum absolute atomic E-state index is 0.0339. The van der Waals surface area contributed by atoms with Gasteiger partial charge in [0.25, 0.3) is 0 Å². The minimum atomic E-state index is -3.56. The van der Waals surface area contributed by atoms with Crippen molar-refractivity contribution in [3.05, 3.63) is 101 Å². The number of amides is 2. The molecule has 2 amide bonds. The maximum atomic E-state index is 14.0. The van der Waals surface area contributed by atoms with Crippen molar-refractivity contribution in [2.45, 2.75) is 78.9 Å². The summed E-state index contributed by atoms with van der Waals surface area (Å²) in [5.74, 6) is -0.383. The molecule has 0 aliphatic carbocycles. The molecule has 3 aromatic rings. The van der Waals surface area contributed by atoms with Gasteiger partial charge in [-0.15, -0.1) is 0 Å². The van der Waals surface area contributed by atoms with Gasteiger partial charge in [0.2, 0.25) is 21.8 Å². The van der Waals surface area contributed by atoms with Gasteiger partial charge in [-0.05, 0) is 74.9 Å². The molecule has 0 saturated heterocycles. The van der Waals surface area contributed by atoms with Crippen LogP contribution in [0.2, 0.25) is 0 Å². The predicted molar refractivity (Wildman–Crippen MR) is 171 cm³/mol. The summed E-state index contributed by atoms with van der Waals surface area (Å²) < 4.78 is 26.8. The van der Waals surface area contributed by atoms with Crippen molar-refractivity contribution < 1.29 is 18.0 Å². The maximum Gasteiger partial charge on any atom is 0.243 e. The largest absolute Gasteiger partial charge is 0.352 e. The normalized spacial score (nSPS) is 12.8. The van der Waals surface area contributed by atoms with E-state index in [-0.39, 0.29) is 37.4 Å². The van der Waals surface area contributed by atoms with Gasteiger partial charge in [-0.25, -0.2) is 8.42 Å². The number of carbonyl (C=O) groups excluding carboxylic acids is 2. The smallest absolute Gasteiger partial charge is 0.243 e. The van der Waals surface area contributed by atoms with Crippen LogP contribution in [-0.2, 0) is 32.6 Å². The minimum Gasteiger partial charge on any atom is -0.352 e. The quantitative estimate of drug-likeness (QED) is 0.260. The van der Waals surface area contributed by atoms with Crippen LogP contribution in [0.25, 0.3) is 0 Å². The Labute approximate surface area is 252 Å². The number of aryl methyl sites for hydroxylation is 3. The molecule has 0 heterocycles. The molecule has 0 radical (unpaired) electrons. The summed E-state index contributed by atoms with van der Waals surface area (Å²) in [4.78, 5) is 29.3. The van der Waals surface area contributed by atoms with Crippen LogP contribution in [0.15, 0.2) is 72.8 Å². The Balaban J connectivity index is 1.89. The Kier molecular flexibility index (Phi) is 11.7. The zero-order valence-electron chi connectivity index (χ0n) is 25.8. The van der Waals surface area contributed by atoms with Crippen LogP contribution >= 0.6 is 0 Å². The summed E-state index contributed by atoms with van der Waals surface area (Å²) in [5.41, 5.74) is 5.66. The van der Waals surface area contributed by atoms with Crippen molar-refractivity contribution in [2.24, 2.45) is 0 Å². The van der Waals surface area contributed by atoms with E-state index in [0.717, 1.165) is 34.2 Å². The van der Waals surface area contributed by atoms with Crippen LogP contribution in [0.1, 0.15) is 60.9 Å². The lowest BCUT2D eigenvalue weighted by atomic mass is 10.0. The summed E-state index contributed by atoms with van der Waals surface area (Å²) in [7, 11) is -3.56. The van der Waals surface area contributed by atoms with Crippen LogP contribution in [0.4, 0.5) is 5.69 Å². The number of hydrogen-bond acceptors (Lipinski definition) is 4. The van der Waals surface area contributed by atoms with Gasteiger partial charge >= 0.3 is 0 Å². The van der Waals surface area contributed by atoms with E-state index in [1.54, 1.807) is 11.0 Å². The SMILES string of the molecule is CC[C@H](C)NC(=O)[C@H](Cc1ccccc1)N(Cc1ccc(C)cc1)C(=O)CCCN(c1ccc(C)c(C)c1)S(C)(=O)=O. The monoisotopic (exact) mass is 591 g/mol. The number of rotatable bonds is 14. The highest BCUT2D eigenvalue weighted by Gasteiger charge is 2.31. The van der Waals surface area contributed by atoms with Crippen LogP contribution < -0.4 is 9.62 Å².